The quantitative estimate of drug-likeness (QED) is 0.545. The van der Waals surface area contributed by atoms with Gasteiger partial charge in [-0.3, -0.25) is 0 Å². The Morgan fingerprint density at radius 1 is 1.86 bits per heavy atom. The van der Waals surface area contributed by atoms with E-state index in [-0.39, 0.29) is 71.2 Å². The van der Waals surface area contributed by atoms with Gasteiger partial charge in [-0.05, 0) is 0 Å². The van der Waals surface area contributed by atoms with Gasteiger partial charge in [0, 0.05) is 25.6 Å². The fourth-order valence-electron chi connectivity index (χ4n) is 0. The van der Waals surface area contributed by atoms with Gasteiger partial charge in [0.25, 0.3) is 0 Å². The summed E-state index contributed by atoms with van der Waals surface area (Å²) in [5.41, 5.74) is 0. The van der Waals surface area contributed by atoms with Crippen LogP contribution in [0.2, 0.25) is 0 Å². The molecule has 0 bridgehead atoms. The Kier molecular flexibility index (Phi) is 23.4. The third kappa shape index (κ3) is 18.7. The van der Waals surface area contributed by atoms with E-state index in [9.17, 15) is 4.79 Å². The fraction of sp³-hybridized carbons (Fsp3) is 0. The molecule has 0 heterocycles. The zero-order valence-corrected chi connectivity index (χ0v) is 11.5. The summed E-state index contributed by atoms with van der Waals surface area (Å²) in [5.74, 6) is -0.981. The molecule has 0 saturated carbocycles. The van der Waals surface area contributed by atoms with Gasteiger partial charge in [0.15, 0.2) is 0 Å². The van der Waals surface area contributed by atoms with E-state index in [1.807, 2.05) is 0 Å². The van der Waals surface area contributed by atoms with Gasteiger partial charge in [-0.2, -0.15) is 0 Å². The second-order valence-corrected chi connectivity index (χ2v) is 0.542. The average Bonchev–Trinajstić information content (AvgIpc) is 1.38. The van der Waals surface area contributed by atoms with Crippen LogP contribution in [0, 0.1) is 0 Å². The molecule has 0 aliphatic carbocycles. The van der Waals surface area contributed by atoms with Crippen molar-refractivity contribution < 1.29 is 32.2 Å². The first kappa shape index (κ1) is 15.8. The van der Waals surface area contributed by atoms with E-state index in [2.05, 4.69) is 6.58 Å². The van der Waals surface area contributed by atoms with Crippen molar-refractivity contribution in [3.05, 3.63) is 12.7 Å². The van der Waals surface area contributed by atoms with E-state index in [4.69, 9.17) is 5.11 Å². The van der Waals surface area contributed by atoms with Crippen molar-refractivity contribution in [2.75, 3.05) is 0 Å². The van der Waals surface area contributed by atoms with Crippen LogP contribution in [-0.2, 0) is 24.3 Å². The van der Waals surface area contributed by atoms with Gasteiger partial charge in [-0.25, -0.2) is 4.79 Å². The van der Waals surface area contributed by atoms with Crippen molar-refractivity contribution in [2.45, 2.75) is 0 Å². The van der Waals surface area contributed by atoms with Crippen molar-refractivity contribution in [1.82, 2.24) is 0 Å². The molecule has 0 fully saturated rings. The number of hydrogen-bond donors (Lipinski definition) is 1. The molecule has 34 valence electrons. The summed E-state index contributed by atoms with van der Waals surface area (Å²) in [6.45, 7) is 2.96. The maximum Gasteiger partial charge on any atom is 2.00 e. The summed E-state index contributed by atoms with van der Waals surface area (Å²) in [6.07, 6.45) is 0.833. The molecule has 0 aromatic rings. The summed E-state index contributed by atoms with van der Waals surface area (Å²) >= 11 is 0. The van der Waals surface area contributed by atoms with Gasteiger partial charge in [-0.1, -0.05) is 6.58 Å². The van der Waals surface area contributed by atoms with Gasteiger partial charge >= 0.3 is 54.9 Å². The van der Waals surface area contributed by atoms with Crippen molar-refractivity contribution in [3.63, 3.8) is 0 Å². The predicted octanol–water partition coefficient (Wildman–Crippen LogP) is 0.0987. The smallest absolute Gasteiger partial charge is 1.00 e. The molecule has 0 aliphatic heterocycles. The Hall–Kier alpha value is 1.40. The van der Waals surface area contributed by atoms with Crippen LogP contribution < -0.4 is 0 Å². The number of carboxylic acid groups (broad SMARTS) is 1. The van der Waals surface area contributed by atoms with Crippen LogP contribution in [0.5, 0.6) is 0 Å². The molecule has 0 aromatic carbocycles. The molecule has 0 aliphatic rings. The predicted molar refractivity (Wildman–Crippen MR) is 25.8 cm³/mol. The minimum atomic E-state index is -0.981. The zero-order valence-electron chi connectivity index (χ0n) is 6.05. The third-order valence-electron chi connectivity index (χ3n) is 0.175. The Labute approximate surface area is 98.2 Å². The summed E-state index contributed by atoms with van der Waals surface area (Å²) in [6, 6.07) is 0. The van der Waals surface area contributed by atoms with E-state index in [1.165, 1.54) is 0 Å². The summed E-state index contributed by atoms with van der Waals surface area (Å²) < 4.78 is 0. The molecular formula is C3H6BaO2Zn. The normalized spacial score (nSPS) is 4.57. The Morgan fingerprint density at radius 2 is 2.00 bits per heavy atom. The first-order valence-corrected chi connectivity index (χ1v) is 1.12. The van der Waals surface area contributed by atoms with Crippen LogP contribution >= 0.6 is 0 Å². The molecule has 0 amide bonds. The molecule has 0 saturated heterocycles. The summed E-state index contributed by atoms with van der Waals surface area (Å²) in [4.78, 5) is 9.25. The minimum Gasteiger partial charge on any atom is -1.00 e. The molecule has 4 heteroatoms. The van der Waals surface area contributed by atoms with E-state index in [1.54, 1.807) is 0 Å². The van der Waals surface area contributed by atoms with Crippen LogP contribution in [0.25, 0.3) is 0 Å². The second-order valence-electron chi connectivity index (χ2n) is 0.542. The van der Waals surface area contributed by atoms with Gasteiger partial charge in [0.2, 0.25) is 0 Å². The number of rotatable bonds is 1. The molecule has 0 atom stereocenters. The van der Waals surface area contributed by atoms with Gasteiger partial charge in [0.1, 0.15) is 0 Å². The average molecular weight is 277 g/mol. The van der Waals surface area contributed by atoms with Crippen LogP contribution in [0.3, 0.4) is 0 Å². The number of carbonyl (C=O) groups is 1. The molecule has 2 nitrogen and oxygen atoms in total. The molecule has 0 aromatic heterocycles. The maximum atomic E-state index is 9.25. The molecule has 0 unspecified atom stereocenters. The van der Waals surface area contributed by atoms with E-state index in [0.717, 1.165) is 6.08 Å². The minimum absolute atomic E-state index is 0. The maximum absolute atomic E-state index is 9.25. The van der Waals surface area contributed by atoms with Crippen LogP contribution in [-0.4, -0.2) is 60.0 Å². The van der Waals surface area contributed by atoms with Crippen molar-refractivity contribution in [3.8, 4) is 0 Å². The van der Waals surface area contributed by atoms with E-state index >= 15 is 0 Å². The van der Waals surface area contributed by atoms with Crippen molar-refractivity contribution >= 4 is 54.9 Å². The van der Waals surface area contributed by atoms with E-state index < -0.39 is 5.97 Å². The zero-order chi connectivity index (χ0) is 4.28. The second kappa shape index (κ2) is 10.4. The number of carboxylic acids is 1. The topological polar surface area (TPSA) is 37.3 Å². The SMILES string of the molecule is C=CC(=O)O.[Ba+2].[H-].[H-].[Zn]. The summed E-state index contributed by atoms with van der Waals surface area (Å²) in [5, 5.41) is 7.60. The van der Waals surface area contributed by atoms with Crippen molar-refractivity contribution in [1.29, 1.82) is 0 Å². The standard InChI is InChI=1S/C3H4O2.Ba.Zn.2H/c1-2-3(4)5;;;;/h2H,1H2,(H,4,5);;;;/q;+2;;2*-1. The van der Waals surface area contributed by atoms with Crippen LogP contribution in [0.1, 0.15) is 2.85 Å². The van der Waals surface area contributed by atoms with Crippen LogP contribution in [0.4, 0.5) is 0 Å². The first-order chi connectivity index (χ1) is 2.27. The molecule has 7 heavy (non-hydrogen) atoms. The Bertz CT molecular complexity index is 70.8. The molecule has 0 radical (unpaired) electrons. The largest absolute Gasteiger partial charge is 2.00 e. The van der Waals surface area contributed by atoms with Gasteiger partial charge in [0.05, 0.1) is 0 Å². The Balaban J connectivity index is -0.0000000133. The number of aliphatic carboxylic acids is 1. The summed E-state index contributed by atoms with van der Waals surface area (Å²) in [7, 11) is 0. The monoisotopic (exact) mass is 276 g/mol. The third-order valence-corrected chi connectivity index (χ3v) is 0.175. The van der Waals surface area contributed by atoms with Crippen LogP contribution in [0.15, 0.2) is 12.7 Å². The molecule has 1 N–H and O–H groups in total. The number of hydrogen-bond acceptors (Lipinski definition) is 1. The van der Waals surface area contributed by atoms with E-state index in [0.29, 0.717) is 0 Å². The molecule has 0 rings (SSSR count). The van der Waals surface area contributed by atoms with Gasteiger partial charge in [-0.15, -0.1) is 0 Å². The molecular weight excluding hydrogens is 271 g/mol. The first-order valence-electron chi connectivity index (χ1n) is 1.12. The fourth-order valence-corrected chi connectivity index (χ4v) is 0. The van der Waals surface area contributed by atoms with Crippen molar-refractivity contribution in [2.24, 2.45) is 0 Å². The molecule has 0 spiro atoms. The van der Waals surface area contributed by atoms with Gasteiger partial charge < -0.3 is 7.96 Å². The Morgan fingerprint density at radius 3 is 2.00 bits per heavy atom.